The maximum Gasteiger partial charge on any atom is 0.297 e. The molecule has 2 aliphatic heterocycles. The summed E-state index contributed by atoms with van der Waals surface area (Å²) in [5.74, 6) is 0.0475. The maximum absolute atomic E-state index is 14.6. The number of pyridine rings is 1. The Morgan fingerprint density at radius 1 is 1.31 bits per heavy atom. The van der Waals surface area contributed by atoms with Crippen LogP contribution in [0.15, 0.2) is 24.3 Å². The van der Waals surface area contributed by atoms with Crippen LogP contribution in [0.1, 0.15) is 29.0 Å². The zero-order valence-corrected chi connectivity index (χ0v) is 20.2. The van der Waals surface area contributed by atoms with E-state index in [4.69, 9.17) is 30.9 Å². The highest BCUT2D eigenvalue weighted by molar-refractivity contribution is 6.29. The molecule has 2 atom stereocenters. The van der Waals surface area contributed by atoms with Crippen LogP contribution in [0.25, 0.3) is 11.0 Å². The molecule has 0 spiro atoms. The van der Waals surface area contributed by atoms with Crippen molar-refractivity contribution in [1.82, 2.24) is 20.0 Å². The largest absolute Gasteiger partial charge is 0.473 e. The van der Waals surface area contributed by atoms with Crippen LogP contribution in [0, 0.1) is 5.82 Å². The zero-order valence-electron chi connectivity index (χ0n) is 19.4. The topological polar surface area (TPSA) is 102 Å². The first-order chi connectivity index (χ1) is 16.9. The van der Waals surface area contributed by atoms with Crippen molar-refractivity contribution in [1.29, 1.82) is 0 Å². The van der Waals surface area contributed by atoms with E-state index in [1.807, 2.05) is 6.92 Å². The molecule has 1 saturated heterocycles. The number of nitrogens with one attached hydrogen (secondary N) is 1. The van der Waals surface area contributed by atoms with Crippen molar-refractivity contribution in [3.63, 3.8) is 0 Å². The lowest BCUT2D eigenvalue weighted by Crippen LogP contribution is -2.51. The van der Waals surface area contributed by atoms with Crippen molar-refractivity contribution in [2.75, 3.05) is 50.7 Å². The number of nitrogens with zero attached hydrogens (tertiary/aromatic N) is 5. The fraction of sp³-hybridized carbons (Fsp3) is 0.391. The number of hydrogen-bond donors (Lipinski definition) is 1. The molecule has 35 heavy (non-hydrogen) atoms. The van der Waals surface area contributed by atoms with E-state index in [1.54, 1.807) is 12.1 Å². The van der Waals surface area contributed by atoms with E-state index in [0.717, 1.165) is 5.06 Å². The molecule has 0 aliphatic carbocycles. The summed E-state index contributed by atoms with van der Waals surface area (Å²) in [6.07, 6.45) is 0. The van der Waals surface area contributed by atoms with Crippen molar-refractivity contribution in [2.24, 2.45) is 0 Å². The lowest BCUT2D eigenvalue weighted by atomic mass is 10.0. The molecule has 1 N–H and O–H groups in total. The fourth-order valence-corrected chi connectivity index (χ4v) is 4.39. The summed E-state index contributed by atoms with van der Waals surface area (Å²) in [6.45, 7) is 4.07. The maximum atomic E-state index is 14.6. The van der Waals surface area contributed by atoms with Crippen molar-refractivity contribution in [3.8, 4) is 5.88 Å². The first-order valence-electron chi connectivity index (χ1n) is 11.1. The van der Waals surface area contributed by atoms with Gasteiger partial charge in [0, 0.05) is 25.2 Å². The summed E-state index contributed by atoms with van der Waals surface area (Å²) in [4.78, 5) is 33.5. The van der Waals surface area contributed by atoms with Crippen LogP contribution in [0.4, 0.5) is 15.9 Å². The Bertz CT molecular complexity index is 1290. The van der Waals surface area contributed by atoms with Crippen molar-refractivity contribution in [2.45, 2.75) is 19.0 Å². The van der Waals surface area contributed by atoms with E-state index in [0.29, 0.717) is 60.3 Å². The predicted octanol–water partition coefficient (Wildman–Crippen LogP) is 3.22. The van der Waals surface area contributed by atoms with Gasteiger partial charge in [-0.25, -0.2) is 24.4 Å². The fourth-order valence-electron chi connectivity index (χ4n) is 4.24. The number of rotatable bonds is 5. The number of anilines is 2. The summed E-state index contributed by atoms with van der Waals surface area (Å²) < 4.78 is 26.0. The molecule has 1 aromatic carbocycles. The van der Waals surface area contributed by atoms with E-state index in [2.05, 4.69) is 20.2 Å². The number of carbonyl (C=O) groups excluding carboxylic acids is 1. The number of morpholine rings is 1. The standard InChI is InChI=1S/C23H24ClFN6O4/c1-12(26-16-4-5-18(24)28-20(16)23(32)30(2)33-3)15-8-13(25)9-17-19(15)29-21-22(27-17)35-11-14-10-34-7-6-31(14)21/h4-5,8-9,12,14,26H,6-7,10-11H2,1-3H3/t12-,14+/m1/s1. The molecule has 2 aromatic heterocycles. The van der Waals surface area contributed by atoms with Gasteiger partial charge in [-0.3, -0.25) is 9.63 Å². The second kappa shape index (κ2) is 9.40. The predicted molar refractivity (Wildman–Crippen MR) is 127 cm³/mol. The molecule has 0 bridgehead atoms. The average molecular weight is 503 g/mol. The van der Waals surface area contributed by atoms with Gasteiger partial charge in [0.1, 0.15) is 17.6 Å². The van der Waals surface area contributed by atoms with Gasteiger partial charge in [-0.15, -0.1) is 0 Å². The quantitative estimate of drug-likeness (QED) is 0.416. The number of ether oxygens (including phenoxy) is 2. The monoisotopic (exact) mass is 502 g/mol. The van der Waals surface area contributed by atoms with E-state index in [-0.39, 0.29) is 16.9 Å². The second-order valence-corrected chi connectivity index (χ2v) is 8.72. The highest BCUT2D eigenvalue weighted by Gasteiger charge is 2.33. The third-order valence-electron chi connectivity index (χ3n) is 6.09. The van der Waals surface area contributed by atoms with Crippen LogP contribution in [0.2, 0.25) is 5.15 Å². The Morgan fingerprint density at radius 2 is 2.14 bits per heavy atom. The third kappa shape index (κ3) is 4.42. The lowest BCUT2D eigenvalue weighted by Gasteiger charge is -2.39. The summed E-state index contributed by atoms with van der Waals surface area (Å²) in [7, 11) is 2.84. The first-order valence-corrected chi connectivity index (χ1v) is 11.5. The van der Waals surface area contributed by atoms with Gasteiger partial charge in [-0.2, -0.15) is 0 Å². The number of benzene rings is 1. The summed E-state index contributed by atoms with van der Waals surface area (Å²) in [6, 6.07) is 5.54. The molecule has 0 saturated carbocycles. The van der Waals surface area contributed by atoms with Crippen LogP contribution < -0.4 is 15.0 Å². The van der Waals surface area contributed by atoms with Gasteiger partial charge in [0.05, 0.1) is 49.1 Å². The molecule has 5 rings (SSSR count). The molecular weight excluding hydrogens is 479 g/mol. The van der Waals surface area contributed by atoms with Crippen molar-refractivity contribution < 1.29 is 23.5 Å². The highest BCUT2D eigenvalue weighted by Crippen LogP contribution is 2.36. The number of hydrogen-bond acceptors (Lipinski definition) is 9. The van der Waals surface area contributed by atoms with Crippen molar-refractivity contribution >= 4 is 40.0 Å². The van der Waals surface area contributed by atoms with Crippen LogP contribution in [0.5, 0.6) is 5.88 Å². The number of aromatic nitrogens is 3. The normalized spacial score (nSPS) is 17.9. The molecule has 12 heteroatoms. The van der Waals surface area contributed by atoms with Crippen LogP contribution in [-0.4, -0.2) is 72.5 Å². The minimum absolute atomic E-state index is 0.0499. The number of carbonyl (C=O) groups is 1. The summed E-state index contributed by atoms with van der Waals surface area (Å²) in [5.41, 5.74) is 1.96. The third-order valence-corrected chi connectivity index (χ3v) is 6.30. The van der Waals surface area contributed by atoms with E-state index in [1.165, 1.54) is 26.3 Å². The molecule has 0 unspecified atom stereocenters. The van der Waals surface area contributed by atoms with E-state index in [9.17, 15) is 9.18 Å². The van der Waals surface area contributed by atoms with Gasteiger partial charge < -0.3 is 19.7 Å². The van der Waals surface area contributed by atoms with E-state index >= 15 is 0 Å². The molecule has 10 nitrogen and oxygen atoms in total. The van der Waals surface area contributed by atoms with Crippen LogP contribution >= 0.6 is 11.6 Å². The molecule has 184 valence electrons. The van der Waals surface area contributed by atoms with Gasteiger partial charge in [-0.05, 0) is 25.1 Å². The van der Waals surface area contributed by atoms with Gasteiger partial charge in [0.25, 0.3) is 11.8 Å². The number of hydroxylamine groups is 2. The Labute approximate surface area is 205 Å². The number of halogens is 2. The first kappa shape index (κ1) is 23.5. The molecule has 0 radical (unpaired) electrons. The average Bonchev–Trinajstić information content (AvgIpc) is 2.87. The number of fused-ring (bicyclic) bond motifs is 4. The highest BCUT2D eigenvalue weighted by atomic mass is 35.5. The minimum atomic E-state index is -0.488. The van der Waals surface area contributed by atoms with Gasteiger partial charge >= 0.3 is 0 Å². The molecule has 1 fully saturated rings. The molecular formula is C23H24ClFN6O4. The minimum Gasteiger partial charge on any atom is -0.473 e. The Hall–Kier alpha value is -3.28. The molecule has 4 heterocycles. The zero-order chi connectivity index (χ0) is 24.7. The SMILES string of the molecule is CON(C)C(=O)c1nc(Cl)ccc1N[C@H](C)c1cc(F)cc2nc3c(nc12)N1CCOC[C@H]1CO3. The van der Waals surface area contributed by atoms with Crippen LogP contribution in [0.3, 0.4) is 0 Å². The van der Waals surface area contributed by atoms with Gasteiger partial charge in [0.2, 0.25) is 0 Å². The Morgan fingerprint density at radius 3 is 2.94 bits per heavy atom. The van der Waals surface area contributed by atoms with Gasteiger partial charge in [-0.1, -0.05) is 11.6 Å². The van der Waals surface area contributed by atoms with Crippen molar-refractivity contribution in [3.05, 3.63) is 46.5 Å². The number of amides is 1. The molecule has 2 aliphatic rings. The van der Waals surface area contributed by atoms with E-state index < -0.39 is 17.8 Å². The molecule has 1 amide bonds. The summed E-state index contributed by atoms with van der Waals surface area (Å²) >= 11 is 6.04. The Balaban J connectivity index is 1.55. The second-order valence-electron chi connectivity index (χ2n) is 8.33. The summed E-state index contributed by atoms with van der Waals surface area (Å²) in [5, 5.41) is 4.45. The van der Waals surface area contributed by atoms with Crippen LogP contribution in [-0.2, 0) is 9.57 Å². The smallest absolute Gasteiger partial charge is 0.297 e. The van der Waals surface area contributed by atoms with Gasteiger partial charge in [0.15, 0.2) is 11.5 Å². The molecule has 3 aromatic rings. The lowest BCUT2D eigenvalue weighted by molar-refractivity contribution is -0.0759. The Kier molecular flexibility index (Phi) is 6.30.